The minimum atomic E-state index is 0.885. The Morgan fingerprint density at radius 2 is 2.18 bits per heavy atom. The van der Waals surface area contributed by atoms with Crippen molar-refractivity contribution in [1.82, 2.24) is 9.88 Å². The third kappa shape index (κ3) is 2.31. The smallest absolute Gasteiger partial charge is 0.0708 e. The summed E-state index contributed by atoms with van der Waals surface area (Å²) in [4.78, 5) is 6.67. The molecule has 0 aromatic carbocycles. The van der Waals surface area contributed by atoms with Gasteiger partial charge in [0.15, 0.2) is 0 Å². The molecular formula is C15H18N2. The highest BCUT2D eigenvalue weighted by Gasteiger charge is 2.15. The van der Waals surface area contributed by atoms with Crippen LogP contribution in [0.2, 0.25) is 0 Å². The molecule has 0 unspecified atom stereocenters. The second-order valence-electron chi connectivity index (χ2n) is 4.55. The first kappa shape index (κ1) is 11.6. The summed E-state index contributed by atoms with van der Waals surface area (Å²) in [6, 6.07) is 4.07. The van der Waals surface area contributed by atoms with Gasteiger partial charge in [0.2, 0.25) is 0 Å². The molecule has 0 spiro atoms. The molecule has 0 atom stereocenters. The van der Waals surface area contributed by atoms with Crippen molar-refractivity contribution in [3.05, 3.63) is 59.6 Å². The van der Waals surface area contributed by atoms with Gasteiger partial charge in [0.1, 0.15) is 0 Å². The number of pyridine rings is 1. The fourth-order valence-electron chi connectivity index (χ4n) is 2.14. The van der Waals surface area contributed by atoms with E-state index in [1.165, 1.54) is 16.8 Å². The van der Waals surface area contributed by atoms with Crippen LogP contribution in [0.1, 0.15) is 18.2 Å². The van der Waals surface area contributed by atoms with Crippen molar-refractivity contribution in [3.8, 4) is 0 Å². The maximum absolute atomic E-state index is 4.46. The van der Waals surface area contributed by atoms with E-state index in [4.69, 9.17) is 0 Å². The fourth-order valence-corrected chi connectivity index (χ4v) is 2.14. The van der Waals surface area contributed by atoms with Crippen molar-refractivity contribution in [2.75, 3.05) is 13.6 Å². The molecule has 0 radical (unpaired) electrons. The Bertz CT molecular complexity index is 509. The molecule has 2 heteroatoms. The molecule has 1 aliphatic rings. The normalized spacial score (nSPS) is 15.4. The van der Waals surface area contributed by atoms with Crippen molar-refractivity contribution in [2.24, 2.45) is 0 Å². The summed E-state index contributed by atoms with van der Waals surface area (Å²) in [6.07, 6.45) is 6.12. The minimum Gasteiger partial charge on any atom is -0.370 e. The molecule has 2 nitrogen and oxygen atoms in total. The van der Waals surface area contributed by atoms with E-state index in [1.54, 1.807) is 0 Å². The second kappa shape index (κ2) is 4.58. The number of allylic oxidation sites excluding steroid dienone is 3. The first-order valence-corrected chi connectivity index (χ1v) is 5.79. The van der Waals surface area contributed by atoms with Gasteiger partial charge in [-0.05, 0) is 42.7 Å². The quantitative estimate of drug-likeness (QED) is 0.770. The molecule has 1 aromatic rings. The molecule has 0 bridgehead atoms. The Hall–Kier alpha value is -1.83. The van der Waals surface area contributed by atoms with Gasteiger partial charge in [0, 0.05) is 25.5 Å². The summed E-state index contributed by atoms with van der Waals surface area (Å²) >= 11 is 0. The number of aryl methyl sites for hydroxylation is 1. The van der Waals surface area contributed by atoms with Gasteiger partial charge in [-0.15, -0.1) is 0 Å². The lowest BCUT2D eigenvalue weighted by Crippen LogP contribution is -2.23. The predicted octanol–water partition coefficient (Wildman–Crippen LogP) is 3.18. The first-order chi connectivity index (χ1) is 8.09. The molecule has 1 aliphatic heterocycles. The Labute approximate surface area is 103 Å². The van der Waals surface area contributed by atoms with Crippen LogP contribution < -0.4 is 0 Å². The van der Waals surface area contributed by atoms with E-state index in [1.807, 2.05) is 19.2 Å². The van der Waals surface area contributed by atoms with E-state index in [9.17, 15) is 0 Å². The number of nitrogens with zero attached hydrogens (tertiary/aromatic N) is 2. The van der Waals surface area contributed by atoms with Crippen molar-refractivity contribution in [1.29, 1.82) is 0 Å². The van der Waals surface area contributed by atoms with E-state index in [2.05, 4.69) is 48.7 Å². The SMILES string of the molecule is C=C(C)C1=CC=C(c2ncccc2C)CN1C. The number of hydrogen-bond acceptors (Lipinski definition) is 2. The second-order valence-corrected chi connectivity index (χ2v) is 4.55. The zero-order valence-electron chi connectivity index (χ0n) is 10.7. The molecule has 17 heavy (non-hydrogen) atoms. The van der Waals surface area contributed by atoms with E-state index in [0.29, 0.717) is 0 Å². The van der Waals surface area contributed by atoms with Gasteiger partial charge in [-0.3, -0.25) is 4.98 Å². The third-order valence-electron chi connectivity index (χ3n) is 3.01. The molecule has 0 amide bonds. The maximum atomic E-state index is 4.46. The molecular weight excluding hydrogens is 208 g/mol. The lowest BCUT2D eigenvalue weighted by molar-refractivity contribution is 0.474. The van der Waals surface area contributed by atoms with E-state index in [-0.39, 0.29) is 0 Å². The molecule has 0 fully saturated rings. The maximum Gasteiger partial charge on any atom is 0.0708 e. The summed E-state index contributed by atoms with van der Waals surface area (Å²) in [7, 11) is 2.09. The molecule has 0 N–H and O–H groups in total. The standard InChI is InChI=1S/C15H18N2/c1-11(2)14-8-7-13(10-17(14)4)15-12(3)6-5-9-16-15/h5-9H,1,10H2,2-4H3. The van der Waals surface area contributed by atoms with Gasteiger partial charge in [0.05, 0.1) is 5.69 Å². The average Bonchev–Trinajstić information content (AvgIpc) is 2.29. The fraction of sp³-hybridized carbons (Fsp3) is 0.267. The van der Waals surface area contributed by atoms with E-state index < -0.39 is 0 Å². The van der Waals surface area contributed by atoms with Gasteiger partial charge in [-0.2, -0.15) is 0 Å². The third-order valence-corrected chi connectivity index (χ3v) is 3.01. The highest BCUT2D eigenvalue weighted by molar-refractivity contribution is 5.70. The van der Waals surface area contributed by atoms with Crippen LogP contribution in [0.25, 0.3) is 5.57 Å². The average molecular weight is 226 g/mol. The molecule has 2 heterocycles. The van der Waals surface area contributed by atoms with Crippen LogP contribution in [-0.2, 0) is 0 Å². The summed E-state index contributed by atoms with van der Waals surface area (Å²) in [5.74, 6) is 0. The molecule has 2 rings (SSSR count). The van der Waals surface area contributed by atoms with Crippen LogP contribution in [0.15, 0.2) is 48.3 Å². The van der Waals surface area contributed by atoms with Crippen LogP contribution in [-0.4, -0.2) is 23.5 Å². The Morgan fingerprint density at radius 3 is 2.76 bits per heavy atom. The summed E-state index contributed by atoms with van der Waals surface area (Å²) in [5, 5.41) is 0. The highest BCUT2D eigenvalue weighted by Crippen LogP contribution is 2.25. The zero-order chi connectivity index (χ0) is 12.4. The summed E-state index contributed by atoms with van der Waals surface area (Å²) < 4.78 is 0. The van der Waals surface area contributed by atoms with Crippen LogP contribution in [0, 0.1) is 6.92 Å². The monoisotopic (exact) mass is 226 g/mol. The van der Waals surface area contributed by atoms with Gasteiger partial charge in [0.25, 0.3) is 0 Å². The largest absolute Gasteiger partial charge is 0.370 e. The van der Waals surface area contributed by atoms with Gasteiger partial charge in [-0.25, -0.2) is 0 Å². The Balaban J connectivity index is 2.38. The highest BCUT2D eigenvalue weighted by atomic mass is 15.1. The van der Waals surface area contributed by atoms with Gasteiger partial charge < -0.3 is 4.90 Å². The number of hydrogen-bond donors (Lipinski definition) is 0. The molecule has 0 aliphatic carbocycles. The van der Waals surface area contributed by atoms with Crippen LogP contribution >= 0.6 is 0 Å². The molecule has 1 aromatic heterocycles. The molecule has 88 valence electrons. The lowest BCUT2D eigenvalue weighted by Gasteiger charge is -2.27. The lowest BCUT2D eigenvalue weighted by atomic mass is 10.0. The number of aromatic nitrogens is 1. The minimum absolute atomic E-state index is 0.885. The summed E-state index contributed by atoms with van der Waals surface area (Å²) in [6.45, 7) is 9.01. The summed E-state index contributed by atoms with van der Waals surface area (Å²) in [5.41, 5.74) is 5.87. The van der Waals surface area contributed by atoms with Crippen LogP contribution in [0.5, 0.6) is 0 Å². The van der Waals surface area contributed by atoms with E-state index >= 15 is 0 Å². The Morgan fingerprint density at radius 1 is 1.41 bits per heavy atom. The molecule has 0 saturated heterocycles. The predicted molar refractivity (Wildman–Crippen MR) is 72.5 cm³/mol. The van der Waals surface area contributed by atoms with Gasteiger partial charge in [-0.1, -0.05) is 18.7 Å². The zero-order valence-corrected chi connectivity index (χ0v) is 10.7. The first-order valence-electron chi connectivity index (χ1n) is 5.79. The number of likely N-dealkylation sites (N-methyl/N-ethyl adjacent to an activating group) is 1. The van der Waals surface area contributed by atoms with Crippen molar-refractivity contribution < 1.29 is 0 Å². The van der Waals surface area contributed by atoms with Crippen molar-refractivity contribution in [2.45, 2.75) is 13.8 Å². The van der Waals surface area contributed by atoms with Crippen molar-refractivity contribution >= 4 is 5.57 Å². The topological polar surface area (TPSA) is 16.1 Å². The van der Waals surface area contributed by atoms with Crippen LogP contribution in [0.3, 0.4) is 0 Å². The Kier molecular flexibility index (Phi) is 3.14. The van der Waals surface area contributed by atoms with Gasteiger partial charge >= 0.3 is 0 Å². The van der Waals surface area contributed by atoms with Crippen molar-refractivity contribution in [3.63, 3.8) is 0 Å². The van der Waals surface area contributed by atoms with E-state index in [0.717, 1.165) is 17.8 Å². The van der Waals surface area contributed by atoms with Crippen LogP contribution in [0.4, 0.5) is 0 Å². The number of rotatable bonds is 2. The molecule has 0 saturated carbocycles.